The molecule has 0 bridgehead atoms. The van der Waals surface area contributed by atoms with Crippen molar-refractivity contribution in [3.05, 3.63) is 121 Å². The average Bonchev–Trinajstić information content (AvgIpc) is 3.83. The van der Waals surface area contributed by atoms with E-state index in [0.717, 1.165) is 71.6 Å². The monoisotopic (exact) mass is 588 g/mol. The summed E-state index contributed by atoms with van der Waals surface area (Å²) < 4.78 is 17.6. The molecule has 6 aromatic heterocycles. The summed E-state index contributed by atoms with van der Waals surface area (Å²) >= 11 is 0. The number of aromatic nitrogens is 4. The van der Waals surface area contributed by atoms with Crippen LogP contribution in [0.4, 0.5) is 0 Å². The highest BCUT2D eigenvalue weighted by molar-refractivity contribution is 6.37. The van der Waals surface area contributed by atoms with Crippen molar-refractivity contribution in [1.82, 2.24) is 18.9 Å². The molecule has 0 unspecified atom stereocenters. The minimum atomic E-state index is 0.605. The van der Waals surface area contributed by atoms with Crippen LogP contribution in [0.3, 0.4) is 0 Å². The van der Waals surface area contributed by atoms with Crippen LogP contribution in [-0.4, -0.2) is 18.9 Å². The zero-order chi connectivity index (χ0) is 29.7. The predicted molar refractivity (Wildman–Crippen MR) is 185 cm³/mol. The molecule has 12 aromatic rings. The maximum atomic E-state index is 6.53. The second kappa shape index (κ2) is 7.81. The van der Waals surface area contributed by atoms with Crippen molar-refractivity contribution in [3.63, 3.8) is 0 Å². The van der Waals surface area contributed by atoms with Gasteiger partial charge in [-0.2, -0.15) is 0 Å². The summed E-state index contributed by atoms with van der Waals surface area (Å²) in [5.74, 6) is 0.605. The number of nitrogens with zero attached hydrogens (tertiary/aromatic N) is 4. The van der Waals surface area contributed by atoms with E-state index in [1.54, 1.807) is 0 Å². The molecule has 0 radical (unpaired) electrons. The Bertz CT molecular complexity index is 3190. The minimum absolute atomic E-state index is 0.605. The highest BCUT2D eigenvalue weighted by Crippen LogP contribution is 2.48. The second-order valence-corrected chi connectivity index (χ2v) is 12.1. The summed E-state index contributed by atoms with van der Waals surface area (Å²) in [6.07, 6.45) is 0. The third-order valence-corrected chi connectivity index (χ3v) is 9.86. The van der Waals surface area contributed by atoms with E-state index in [0.29, 0.717) is 11.5 Å². The Morgan fingerprint density at radius 3 is 2.13 bits per heavy atom. The number of benzene rings is 6. The molecular weight excluding hydrogens is 568 g/mol. The Morgan fingerprint density at radius 2 is 1.20 bits per heavy atom. The number of furan rings is 2. The number of hydrogen-bond acceptors (Lipinski definition) is 4. The first-order chi connectivity index (χ1) is 22.8. The molecule has 0 N–H and O–H groups in total. The van der Waals surface area contributed by atoms with E-state index in [1.165, 1.54) is 27.2 Å². The number of rotatable bonds is 2. The van der Waals surface area contributed by atoms with Crippen molar-refractivity contribution in [2.45, 2.75) is 0 Å². The molecule has 0 saturated heterocycles. The fourth-order valence-electron chi connectivity index (χ4n) is 8.05. The van der Waals surface area contributed by atoms with Crippen LogP contribution in [0.25, 0.3) is 110 Å². The lowest BCUT2D eigenvalue weighted by Gasteiger charge is -2.10. The normalized spacial score (nSPS) is 12.8. The lowest BCUT2D eigenvalue weighted by atomic mass is 10.0. The van der Waals surface area contributed by atoms with E-state index in [2.05, 4.69) is 93.9 Å². The average molecular weight is 589 g/mol. The third kappa shape index (κ3) is 2.58. The molecule has 46 heavy (non-hydrogen) atoms. The van der Waals surface area contributed by atoms with Gasteiger partial charge in [-0.05, 0) is 48.5 Å². The third-order valence-electron chi connectivity index (χ3n) is 9.86. The Kier molecular flexibility index (Phi) is 3.91. The Hall–Kier alpha value is -6.40. The molecule has 0 saturated carbocycles. The highest BCUT2D eigenvalue weighted by atomic mass is 16.3. The fourth-order valence-corrected chi connectivity index (χ4v) is 8.05. The van der Waals surface area contributed by atoms with Gasteiger partial charge < -0.3 is 13.2 Å². The van der Waals surface area contributed by atoms with Crippen LogP contribution in [0.5, 0.6) is 0 Å². The lowest BCUT2D eigenvalue weighted by molar-refractivity contribution is 0.666. The molecule has 0 aliphatic carbocycles. The van der Waals surface area contributed by atoms with Gasteiger partial charge >= 0.3 is 0 Å². The second-order valence-electron chi connectivity index (χ2n) is 12.1. The zero-order valence-electron chi connectivity index (χ0n) is 24.2. The van der Waals surface area contributed by atoms with Crippen LogP contribution in [0.1, 0.15) is 0 Å². The summed E-state index contributed by atoms with van der Waals surface area (Å²) in [5, 5.41) is 8.01. The molecule has 0 aliphatic rings. The van der Waals surface area contributed by atoms with Crippen molar-refractivity contribution in [3.8, 4) is 17.2 Å². The fraction of sp³-hybridized carbons (Fsp3) is 0. The van der Waals surface area contributed by atoms with Crippen LogP contribution in [0, 0.1) is 0 Å². The van der Waals surface area contributed by atoms with E-state index < -0.39 is 0 Å². The van der Waals surface area contributed by atoms with E-state index in [-0.39, 0.29) is 0 Å². The van der Waals surface area contributed by atoms with Crippen molar-refractivity contribution >= 4 is 93.1 Å². The summed E-state index contributed by atoms with van der Waals surface area (Å²) in [7, 11) is 0. The first kappa shape index (κ1) is 23.0. The topological polar surface area (TPSA) is 61.4 Å². The van der Waals surface area contributed by atoms with Gasteiger partial charge in [0.2, 0.25) is 5.95 Å². The first-order valence-electron chi connectivity index (χ1n) is 15.4. The molecule has 0 fully saturated rings. The summed E-state index contributed by atoms with van der Waals surface area (Å²) in [6.45, 7) is 0. The van der Waals surface area contributed by atoms with E-state index >= 15 is 0 Å². The van der Waals surface area contributed by atoms with Crippen molar-refractivity contribution in [2.75, 3.05) is 0 Å². The van der Waals surface area contributed by atoms with Gasteiger partial charge in [0.15, 0.2) is 5.58 Å². The number of fused-ring (bicyclic) bond motifs is 7. The quantitative estimate of drug-likeness (QED) is 0.202. The molecule has 12 rings (SSSR count). The maximum absolute atomic E-state index is 6.53. The van der Waals surface area contributed by atoms with Crippen LogP contribution < -0.4 is 0 Å². The van der Waals surface area contributed by atoms with Gasteiger partial charge in [-0.15, -0.1) is 0 Å². The molecule has 6 heteroatoms. The SMILES string of the molecule is c1ccc(-c2nc(-n3c4ccc5oc6cccc7c6c5c4c4c3ccc3c5ccccc5n7c34)nc3c2oc2ccccc23)cc1. The minimum Gasteiger partial charge on any atom is -0.456 e. The van der Waals surface area contributed by atoms with Gasteiger partial charge in [-0.1, -0.05) is 72.8 Å². The van der Waals surface area contributed by atoms with Crippen LogP contribution >= 0.6 is 0 Å². The van der Waals surface area contributed by atoms with Crippen molar-refractivity contribution in [1.29, 1.82) is 0 Å². The van der Waals surface area contributed by atoms with Gasteiger partial charge in [0.25, 0.3) is 0 Å². The number of para-hydroxylation sites is 2. The molecule has 0 atom stereocenters. The Morgan fingerprint density at radius 1 is 0.457 bits per heavy atom. The molecular formula is C40H20N4O2. The summed E-state index contributed by atoms with van der Waals surface area (Å²) in [4.78, 5) is 10.6. The van der Waals surface area contributed by atoms with E-state index in [9.17, 15) is 0 Å². The smallest absolute Gasteiger partial charge is 0.236 e. The number of hydrogen-bond donors (Lipinski definition) is 0. The predicted octanol–water partition coefficient (Wildman–Crippen LogP) is 10.5. The molecule has 6 nitrogen and oxygen atoms in total. The van der Waals surface area contributed by atoms with Gasteiger partial charge in [0, 0.05) is 37.9 Å². The van der Waals surface area contributed by atoms with Gasteiger partial charge in [-0.25, -0.2) is 9.97 Å². The van der Waals surface area contributed by atoms with E-state index in [1.807, 2.05) is 36.4 Å². The summed E-state index contributed by atoms with van der Waals surface area (Å²) in [6, 6.07) is 42.1. The molecule has 0 spiro atoms. The largest absolute Gasteiger partial charge is 0.456 e. The molecule has 6 heterocycles. The summed E-state index contributed by atoms with van der Waals surface area (Å²) in [5.41, 5.74) is 11.4. The maximum Gasteiger partial charge on any atom is 0.236 e. The van der Waals surface area contributed by atoms with Gasteiger partial charge in [0.05, 0.1) is 33.0 Å². The zero-order valence-corrected chi connectivity index (χ0v) is 24.2. The van der Waals surface area contributed by atoms with Crippen molar-refractivity contribution < 1.29 is 8.83 Å². The standard InChI is InChI=1S/C40H20N4O2/c1-2-9-21(10-3-1)36-39-37(24-12-5-7-15-29(24)46-39)42-40(41-36)44-27-19-20-31-35-32-26(14-8-16-30(32)45-31)43-25-13-6-4-11-22(25)23-17-18-28(44)34(33(27)35)38(23)43/h1-20H. The molecule has 0 amide bonds. The van der Waals surface area contributed by atoms with Gasteiger partial charge in [-0.3, -0.25) is 4.57 Å². The van der Waals surface area contributed by atoms with Crippen molar-refractivity contribution in [2.24, 2.45) is 0 Å². The van der Waals surface area contributed by atoms with Crippen LogP contribution in [-0.2, 0) is 0 Å². The highest BCUT2D eigenvalue weighted by Gasteiger charge is 2.28. The molecule has 6 aromatic carbocycles. The Balaban J connectivity index is 1.35. The lowest BCUT2D eigenvalue weighted by Crippen LogP contribution is -2.03. The van der Waals surface area contributed by atoms with Gasteiger partial charge in [0.1, 0.15) is 28.0 Å². The van der Waals surface area contributed by atoms with E-state index in [4.69, 9.17) is 18.8 Å². The molecule has 212 valence electrons. The van der Waals surface area contributed by atoms with Crippen LogP contribution in [0.2, 0.25) is 0 Å². The first-order valence-corrected chi connectivity index (χ1v) is 15.4. The Labute approximate surface area is 259 Å². The molecule has 0 aliphatic heterocycles. The van der Waals surface area contributed by atoms with Crippen LogP contribution in [0.15, 0.2) is 130 Å².